The van der Waals surface area contributed by atoms with Gasteiger partial charge in [-0.1, -0.05) is 0 Å². The number of methoxy groups -OCH3 is 1. The molecule has 1 aromatic rings. The molecule has 5 heteroatoms. The summed E-state index contributed by atoms with van der Waals surface area (Å²) in [6, 6.07) is 1.93. The summed E-state index contributed by atoms with van der Waals surface area (Å²) in [7, 11) is 1.64. The van der Waals surface area contributed by atoms with Gasteiger partial charge in [-0.25, -0.2) is 4.79 Å². The summed E-state index contributed by atoms with van der Waals surface area (Å²) in [6.07, 6.45) is 0. The third kappa shape index (κ3) is 3.36. The second-order valence-electron chi connectivity index (χ2n) is 3.77. The molecule has 0 spiro atoms. The minimum Gasteiger partial charge on any atom is -0.475 e. The number of hydrogen-bond donors (Lipinski definition) is 2. The van der Waals surface area contributed by atoms with Gasteiger partial charge in [0.05, 0.1) is 13.2 Å². The van der Waals surface area contributed by atoms with E-state index < -0.39 is 5.97 Å². The van der Waals surface area contributed by atoms with Crippen LogP contribution in [0.4, 0.5) is 0 Å². The Kier molecular flexibility index (Phi) is 4.52. The zero-order valence-corrected chi connectivity index (χ0v) is 9.74. The van der Waals surface area contributed by atoms with Crippen LogP contribution >= 0.6 is 0 Å². The smallest absolute Gasteiger partial charge is 0.372 e. The van der Waals surface area contributed by atoms with E-state index in [1.54, 1.807) is 20.1 Å². The Balaban J connectivity index is 2.55. The SMILES string of the molecule is COCC(C)NCc1cc(C)c(C(=O)O)o1. The zero-order chi connectivity index (χ0) is 12.1. The molecule has 0 saturated carbocycles. The van der Waals surface area contributed by atoms with Gasteiger partial charge in [-0.15, -0.1) is 0 Å². The Bertz CT molecular complexity index is 359. The van der Waals surface area contributed by atoms with Crippen molar-refractivity contribution in [3.63, 3.8) is 0 Å². The Morgan fingerprint density at radius 2 is 2.38 bits per heavy atom. The van der Waals surface area contributed by atoms with E-state index in [0.29, 0.717) is 24.5 Å². The highest BCUT2D eigenvalue weighted by Crippen LogP contribution is 2.14. The zero-order valence-electron chi connectivity index (χ0n) is 9.74. The summed E-state index contributed by atoms with van der Waals surface area (Å²) >= 11 is 0. The van der Waals surface area contributed by atoms with Gasteiger partial charge >= 0.3 is 5.97 Å². The Hall–Kier alpha value is -1.33. The third-order valence-corrected chi connectivity index (χ3v) is 2.20. The molecule has 1 aromatic heterocycles. The van der Waals surface area contributed by atoms with Crippen LogP contribution in [0.15, 0.2) is 10.5 Å². The molecular formula is C11H17NO4. The van der Waals surface area contributed by atoms with Gasteiger partial charge in [-0.2, -0.15) is 0 Å². The maximum absolute atomic E-state index is 10.7. The first-order chi connectivity index (χ1) is 7.54. The topological polar surface area (TPSA) is 71.7 Å². The molecule has 0 radical (unpaired) electrons. The van der Waals surface area contributed by atoms with E-state index in [4.69, 9.17) is 14.3 Å². The second-order valence-corrected chi connectivity index (χ2v) is 3.77. The molecular weight excluding hydrogens is 210 g/mol. The summed E-state index contributed by atoms with van der Waals surface area (Å²) in [6.45, 7) is 4.80. The van der Waals surface area contributed by atoms with Gasteiger partial charge in [-0.3, -0.25) is 0 Å². The van der Waals surface area contributed by atoms with Gasteiger partial charge in [0.1, 0.15) is 5.76 Å². The first-order valence-electron chi connectivity index (χ1n) is 5.09. The summed E-state index contributed by atoms with van der Waals surface area (Å²) < 4.78 is 10.2. The van der Waals surface area contributed by atoms with Crippen molar-refractivity contribution in [1.29, 1.82) is 0 Å². The number of aromatic carboxylic acids is 1. The van der Waals surface area contributed by atoms with Crippen molar-refractivity contribution in [3.8, 4) is 0 Å². The number of nitrogens with one attached hydrogen (secondary N) is 1. The quantitative estimate of drug-likeness (QED) is 0.768. The average Bonchev–Trinajstić information content (AvgIpc) is 2.57. The van der Waals surface area contributed by atoms with Crippen molar-refractivity contribution in [3.05, 3.63) is 23.2 Å². The van der Waals surface area contributed by atoms with Gasteiger partial charge in [0, 0.05) is 18.7 Å². The van der Waals surface area contributed by atoms with E-state index in [9.17, 15) is 4.79 Å². The number of aryl methyl sites for hydroxylation is 1. The lowest BCUT2D eigenvalue weighted by Crippen LogP contribution is -2.29. The van der Waals surface area contributed by atoms with E-state index in [1.165, 1.54) is 0 Å². The normalized spacial score (nSPS) is 12.7. The number of hydrogen-bond acceptors (Lipinski definition) is 4. The fraction of sp³-hybridized carbons (Fsp3) is 0.545. The highest BCUT2D eigenvalue weighted by molar-refractivity contribution is 5.86. The number of ether oxygens (including phenoxy) is 1. The van der Waals surface area contributed by atoms with Crippen molar-refractivity contribution in [2.75, 3.05) is 13.7 Å². The summed E-state index contributed by atoms with van der Waals surface area (Å²) in [5.74, 6) is -0.400. The Morgan fingerprint density at radius 3 is 2.88 bits per heavy atom. The molecule has 5 nitrogen and oxygen atoms in total. The molecule has 0 aromatic carbocycles. The molecule has 0 saturated heterocycles. The minimum atomic E-state index is -1.03. The molecule has 1 heterocycles. The van der Waals surface area contributed by atoms with Gasteiger partial charge in [0.15, 0.2) is 0 Å². The molecule has 0 aliphatic carbocycles. The number of carboxylic acid groups (broad SMARTS) is 1. The Morgan fingerprint density at radius 1 is 1.69 bits per heavy atom. The molecule has 0 fully saturated rings. The van der Waals surface area contributed by atoms with Crippen LogP contribution in [0.25, 0.3) is 0 Å². The average molecular weight is 227 g/mol. The molecule has 0 aliphatic heterocycles. The van der Waals surface area contributed by atoms with Crippen LogP contribution in [0, 0.1) is 6.92 Å². The standard InChI is InChI=1S/C11H17NO4/c1-7-4-9(16-10(7)11(13)14)5-12-8(2)6-15-3/h4,8,12H,5-6H2,1-3H3,(H,13,14). The largest absolute Gasteiger partial charge is 0.475 e. The molecule has 0 bridgehead atoms. The molecule has 90 valence electrons. The van der Waals surface area contributed by atoms with Crippen LogP contribution in [0.2, 0.25) is 0 Å². The van der Waals surface area contributed by atoms with E-state index in [2.05, 4.69) is 5.32 Å². The van der Waals surface area contributed by atoms with Crippen molar-refractivity contribution in [1.82, 2.24) is 5.32 Å². The van der Waals surface area contributed by atoms with Gasteiger partial charge < -0.3 is 19.6 Å². The van der Waals surface area contributed by atoms with Crippen LogP contribution in [0.3, 0.4) is 0 Å². The van der Waals surface area contributed by atoms with Crippen LogP contribution in [0.5, 0.6) is 0 Å². The van der Waals surface area contributed by atoms with Crippen LogP contribution in [-0.2, 0) is 11.3 Å². The molecule has 0 aliphatic rings. The van der Waals surface area contributed by atoms with E-state index in [-0.39, 0.29) is 11.8 Å². The van der Waals surface area contributed by atoms with Crippen LogP contribution < -0.4 is 5.32 Å². The molecule has 16 heavy (non-hydrogen) atoms. The van der Waals surface area contributed by atoms with Crippen molar-refractivity contribution >= 4 is 5.97 Å². The molecule has 1 rings (SSSR count). The first-order valence-corrected chi connectivity index (χ1v) is 5.09. The van der Waals surface area contributed by atoms with Crippen LogP contribution in [-0.4, -0.2) is 30.8 Å². The summed E-state index contributed by atoms with van der Waals surface area (Å²) in [4.78, 5) is 10.7. The molecule has 0 amide bonds. The number of rotatable bonds is 6. The van der Waals surface area contributed by atoms with Crippen molar-refractivity contribution < 1.29 is 19.1 Å². The fourth-order valence-corrected chi connectivity index (χ4v) is 1.43. The summed E-state index contributed by atoms with van der Waals surface area (Å²) in [5.41, 5.74) is 0.642. The monoisotopic (exact) mass is 227 g/mol. The predicted octanol–water partition coefficient (Wildman–Crippen LogP) is 1.41. The summed E-state index contributed by atoms with van der Waals surface area (Å²) in [5, 5.41) is 12.0. The van der Waals surface area contributed by atoms with E-state index >= 15 is 0 Å². The number of furan rings is 1. The lowest BCUT2D eigenvalue weighted by atomic mass is 10.2. The minimum absolute atomic E-state index is 0.0104. The first kappa shape index (κ1) is 12.7. The van der Waals surface area contributed by atoms with Crippen molar-refractivity contribution in [2.24, 2.45) is 0 Å². The maximum atomic E-state index is 10.7. The van der Waals surface area contributed by atoms with E-state index in [0.717, 1.165) is 0 Å². The lowest BCUT2D eigenvalue weighted by Gasteiger charge is -2.10. The third-order valence-electron chi connectivity index (χ3n) is 2.20. The molecule has 1 atom stereocenters. The molecule has 2 N–H and O–H groups in total. The predicted molar refractivity (Wildman–Crippen MR) is 58.6 cm³/mol. The van der Waals surface area contributed by atoms with E-state index in [1.807, 2.05) is 6.92 Å². The fourth-order valence-electron chi connectivity index (χ4n) is 1.43. The highest BCUT2D eigenvalue weighted by Gasteiger charge is 2.14. The van der Waals surface area contributed by atoms with Crippen LogP contribution in [0.1, 0.15) is 28.8 Å². The Labute approximate surface area is 94.4 Å². The van der Waals surface area contributed by atoms with Gasteiger partial charge in [0.25, 0.3) is 0 Å². The maximum Gasteiger partial charge on any atom is 0.372 e. The van der Waals surface area contributed by atoms with Gasteiger partial charge in [0.2, 0.25) is 5.76 Å². The number of carboxylic acids is 1. The van der Waals surface area contributed by atoms with Crippen molar-refractivity contribution in [2.45, 2.75) is 26.4 Å². The second kappa shape index (κ2) is 5.67. The highest BCUT2D eigenvalue weighted by atomic mass is 16.5. The molecule has 1 unspecified atom stereocenters. The van der Waals surface area contributed by atoms with Gasteiger partial charge in [-0.05, 0) is 19.9 Å². The number of carbonyl (C=O) groups is 1. The lowest BCUT2D eigenvalue weighted by molar-refractivity contribution is 0.0659.